The molecule has 2 rings (SSSR count). The molecule has 0 aliphatic heterocycles. The molecule has 0 saturated heterocycles. The highest BCUT2D eigenvalue weighted by Crippen LogP contribution is 2.34. The molecule has 26 heavy (non-hydrogen) atoms. The molecule has 0 aliphatic carbocycles. The zero-order valence-corrected chi connectivity index (χ0v) is 13.4. The third-order valence-electron chi connectivity index (χ3n) is 3.31. The van der Waals surface area contributed by atoms with E-state index in [4.69, 9.17) is 4.74 Å². The Kier molecular flexibility index (Phi) is 5.71. The average Bonchev–Trinajstić information content (AvgIpc) is 2.51. The molecule has 5 nitrogen and oxygen atoms in total. The molecule has 0 saturated carbocycles. The SMILES string of the molecule is CC(=O)OCc1cc(O)c(C(O)c2ccc(OC(F)(F)F)cc2)c(F)c1. The minimum Gasteiger partial charge on any atom is -0.507 e. The lowest BCUT2D eigenvalue weighted by molar-refractivity contribution is -0.274. The number of aliphatic hydroxyl groups excluding tert-OH is 1. The van der Waals surface area contributed by atoms with E-state index in [9.17, 15) is 32.6 Å². The smallest absolute Gasteiger partial charge is 0.507 e. The summed E-state index contributed by atoms with van der Waals surface area (Å²) in [6, 6.07) is 6.22. The molecule has 1 unspecified atom stereocenters. The molecule has 0 heterocycles. The number of esters is 1. The Bertz CT molecular complexity index is 764. The van der Waals surface area contributed by atoms with Crippen molar-refractivity contribution < 1.29 is 42.0 Å². The number of benzene rings is 2. The first kappa shape index (κ1) is 19.5. The molecule has 0 radical (unpaired) electrons. The second kappa shape index (κ2) is 7.61. The number of hydrogen-bond acceptors (Lipinski definition) is 5. The van der Waals surface area contributed by atoms with Crippen LogP contribution in [0.4, 0.5) is 17.6 Å². The maximum Gasteiger partial charge on any atom is 0.573 e. The van der Waals surface area contributed by atoms with Gasteiger partial charge in [-0.05, 0) is 35.4 Å². The van der Waals surface area contributed by atoms with Crippen LogP contribution in [0.1, 0.15) is 29.7 Å². The van der Waals surface area contributed by atoms with E-state index >= 15 is 0 Å². The Labute approximate surface area is 145 Å². The van der Waals surface area contributed by atoms with Crippen LogP contribution in [0, 0.1) is 5.82 Å². The van der Waals surface area contributed by atoms with Crippen LogP contribution >= 0.6 is 0 Å². The third-order valence-corrected chi connectivity index (χ3v) is 3.31. The maximum absolute atomic E-state index is 14.2. The van der Waals surface area contributed by atoms with Crippen molar-refractivity contribution in [1.29, 1.82) is 0 Å². The lowest BCUT2D eigenvalue weighted by Crippen LogP contribution is -2.17. The number of rotatable bonds is 5. The van der Waals surface area contributed by atoms with Crippen molar-refractivity contribution in [3.05, 3.63) is 58.9 Å². The summed E-state index contributed by atoms with van der Waals surface area (Å²) in [5.74, 6) is -2.64. The van der Waals surface area contributed by atoms with E-state index in [0.29, 0.717) is 0 Å². The number of aliphatic hydroxyl groups is 1. The highest BCUT2D eigenvalue weighted by molar-refractivity contribution is 5.66. The van der Waals surface area contributed by atoms with Gasteiger partial charge in [0, 0.05) is 6.92 Å². The Morgan fingerprint density at radius 3 is 2.31 bits per heavy atom. The number of carbonyl (C=O) groups excluding carboxylic acids is 1. The van der Waals surface area contributed by atoms with Gasteiger partial charge in [0.25, 0.3) is 0 Å². The van der Waals surface area contributed by atoms with Gasteiger partial charge in [0.15, 0.2) is 0 Å². The Morgan fingerprint density at radius 1 is 1.19 bits per heavy atom. The second-order valence-electron chi connectivity index (χ2n) is 5.31. The van der Waals surface area contributed by atoms with E-state index in [-0.39, 0.29) is 17.7 Å². The normalized spacial score (nSPS) is 12.5. The van der Waals surface area contributed by atoms with Crippen molar-refractivity contribution in [2.75, 3.05) is 0 Å². The molecule has 1 atom stereocenters. The highest BCUT2D eigenvalue weighted by atomic mass is 19.4. The van der Waals surface area contributed by atoms with Crippen molar-refractivity contribution >= 4 is 5.97 Å². The zero-order valence-electron chi connectivity index (χ0n) is 13.4. The van der Waals surface area contributed by atoms with Crippen molar-refractivity contribution in [3.8, 4) is 11.5 Å². The van der Waals surface area contributed by atoms with E-state index in [2.05, 4.69) is 4.74 Å². The van der Waals surface area contributed by atoms with Gasteiger partial charge in [0.1, 0.15) is 30.0 Å². The fourth-order valence-electron chi connectivity index (χ4n) is 2.22. The number of phenols is 1. The summed E-state index contributed by atoms with van der Waals surface area (Å²) in [7, 11) is 0. The molecule has 2 aromatic carbocycles. The fourth-order valence-corrected chi connectivity index (χ4v) is 2.22. The standard InChI is InChI=1S/C17H14F4O5/c1-9(22)25-8-10-6-13(18)15(14(23)7-10)16(24)11-2-4-12(5-3-11)26-17(19,20)21/h2-7,16,23-24H,8H2,1H3. The number of hydrogen-bond donors (Lipinski definition) is 2. The molecule has 0 bridgehead atoms. The van der Waals surface area contributed by atoms with Crippen LogP contribution in [0.5, 0.6) is 11.5 Å². The zero-order chi connectivity index (χ0) is 19.5. The predicted molar refractivity (Wildman–Crippen MR) is 80.7 cm³/mol. The molecule has 0 spiro atoms. The first-order chi connectivity index (χ1) is 12.1. The minimum absolute atomic E-state index is 0.0430. The summed E-state index contributed by atoms with van der Waals surface area (Å²) in [6.45, 7) is 0.903. The van der Waals surface area contributed by atoms with Gasteiger partial charge in [0.05, 0.1) is 5.56 Å². The first-order valence-corrected chi connectivity index (χ1v) is 7.25. The van der Waals surface area contributed by atoms with Crippen molar-refractivity contribution in [3.63, 3.8) is 0 Å². The van der Waals surface area contributed by atoms with Gasteiger partial charge in [-0.25, -0.2) is 4.39 Å². The number of halogens is 4. The molecular weight excluding hydrogens is 360 g/mol. The monoisotopic (exact) mass is 374 g/mol. The van der Waals surface area contributed by atoms with Gasteiger partial charge in [-0.2, -0.15) is 0 Å². The first-order valence-electron chi connectivity index (χ1n) is 7.25. The van der Waals surface area contributed by atoms with Gasteiger partial charge >= 0.3 is 12.3 Å². The molecule has 140 valence electrons. The van der Waals surface area contributed by atoms with Crippen LogP contribution in [-0.4, -0.2) is 22.5 Å². The Balaban J connectivity index is 2.23. The quantitative estimate of drug-likeness (QED) is 0.618. The van der Waals surface area contributed by atoms with Crippen LogP contribution in [0.15, 0.2) is 36.4 Å². The number of phenolic OH excluding ortho intramolecular Hbond substituents is 1. The Hall–Kier alpha value is -2.81. The molecular formula is C17H14F4O5. The van der Waals surface area contributed by atoms with Crippen molar-refractivity contribution in [1.82, 2.24) is 0 Å². The number of carbonyl (C=O) groups is 1. The maximum atomic E-state index is 14.2. The largest absolute Gasteiger partial charge is 0.573 e. The summed E-state index contributed by atoms with van der Waals surface area (Å²) < 4.78 is 59.0. The van der Waals surface area contributed by atoms with E-state index in [1.54, 1.807) is 0 Å². The fraction of sp³-hybridized carbons (Fsp3) is 0.235. The second-order valence-corrected chi connectivity index (χ2v) is 5.31. The van der Waals surface area contributed by atoms with E-state index < -0.39 is 41.3 Å². The van der Waals surface area contributed by atoms with E-state index in [1.807, 2.05) is 0 Å². The van der Waals surface area contributed by atoms with Gasteiger partial charge in [-0.3, -0.25) is 4.79 Å². The molecule has 0 amide bonds. The summed E-state index contributed by atoms with van der Waals surface area (Å²) >= 11 is 0. The number of aromatic hydroxyl groups is 1. The van der Waals surface area contributed by atoms with Gasteiger partial charge in [-0.1, -0.05) is 12.1 Å². The van der Waals surface area contributed by atoms with E-state index in [1.165, 1.54) is 6.92 Å². The summed E-state index contributed by atoms with van der Waals surface area (Å²) in [6.07, 6.45) is -6.49. The van der Waals surface area contributed by atoms with Gasteiger partial charge in [0.2, 0.25) is 0 Å². The minimum atomic E-state index is -4.86. The Morgan fingerprint density at radius 2 is 1.81 bits per heavy atom. The average molecular weight is 374 g/mol. The number of alkyl halides is 3. The molecule has 9 heteroatoms. The molecule has 0 aliphatic rings. The van der Waals surface area contributed by atoms with Crippen LogP contribution in [0.25, 0.3) is 0 Å². The van der Waals surface area contributed by atoms with E-state index in [0.717, 1.165) is 36.4 Å². The van der Waals surface area contributed by atoms with Crippen LogP contribution in [0.3, 0.4) is 0 Å². The molecule has 0 aromatic heterocycles. The van der Waals surface area contributed by atoms with Crippen LogP contribution < -0.4 is 4.74 Å². The van der Waals surface area contributed by atoms with Gasteiger partial charge < -0.3 is 19.7 Å². The van der Waals surface area contributed by atoms with Gasteiger partial charge in [-0.15, -0.1) is 13.2 Å². The topological polar surface area (TPSA) is 76.0 Å². The summed E-state index contributed by atoms with van der Waals surface area (Å²) in [5, 5.41) is 20.2. The molecule has 2 N–H and O–H groups in total. The lowest BCUT2D eigenvalue weighted by Gasteiger charge is -2.16. The summed E-state index contributed by atoms with van der Waals surface area (Å²) in [4.78, 5) is 10.8. The van der Waals surface area contributed by atoms with Crippen LogP contribution in [-0.2, 0) is 16.1 Å². The predicted octanol–water partition coefficient (Wildman–Crippen LogP) is 3.57. The lowest BCUT2D eigenvalue weighted by atomic mass is 9.98. The van der Waals surface area contributed by atoms with Crippen LogP contribution in [0.2, 0.25) is 0 Å². The third kappa shape index (κ3) is 5.09. The number of ether oxygens (including phenoxy) is 2. The van der Waals surface area contributed by atoms with Crippen molar-refractivity contribution in [2.24, 2.45) is 0 Å². The van der Waals surface area contributed by atoms with Crippen molar-refractivity contribution in [2.45, 2.75) is 26.0 Å². The summed E-state index contributed by atoms with van der Waals surface area (Å²) in [5.41, 5.74) is -0.248. The molecule has 2 aromatic rings. The highest BCUT2D eigenvalue weighted by Gasteiger charge is 2.31. The molecule has 0 fully saturated rings.